The van der Waals surface area contributed by atoms with Crippen molar-refractivity contribution in [2.24, 2.45) is 34.0 Å². The molecule has 0 N–H and O–H groups in total. The zero-order valence-electron chi connectivity index (χ0n) is 15.2. The monoisotopic (exact) mass is 286 g/mol. The van der Waals surface area contributed by atoms with Gasteiger partial charge < -0.3 is 0 Å². The Kier molecular flexibility index (Phi) is 3.29. The van der Waals surface area contributed by atoms with E-state index in [2.05, 4.69) is 60.6 Å². The Morgan fingerprint density at radius 2 is 1.71 bits per heavy atom. The molecule has 0 aromatic rings. The van der Waals surface area contributed by atoms with Crippen molar-refractivity contribution in [1.29, 1.82) is 0 Å². The second-order valence-electron chi connectivity index (χ2n) is 9.54. The summed E-state index contributed by atoms with van der Waals surface area (Å²) in [4.78, 5) is 0. The van der Waals surface area contributed by atoms with E-state index in [9.17, 15) is 0 Å². The third-order valence-corrected chi connectivity index (χ3v) is 8.37. The average Bonchev–Trinajstić information content (AvgIpc) is 2.72. The van der Waals surface area contributed by atoms with Gasteiger partial charge in [0.2, 0.25) is 0 Å². The second-order valence-corrected chi connectivity index (χ2v) is 9.54. The van der Waals surface area contributed by atoms with Gasteiger partial charge in [0.1, 0.15) is 0 Å². The molecule has 5 aliphatic carbocycles. The van der Waals surface area contributed by atoms with Crippen molar-refractivity contribution in [1.82, 2.24) is 0 Å². The van der Waals surface area contributed by atoms with Crippen LogP contribution in [0.15, 0.2) is 23.3 Å². The number of hydrogen-bond donors (Lipinski definition) is 0. The van der Waals surface area contributed by atoms with E-state index < -0.39 is 0 Å². The van der Waals surface area contributed by atoms with Crippen LogP contribution in [0.2, 0.25) is 0 Å². The fraction of sp³-hybridized carbons (Fsp3) is 0.810. The first-order valence-corrected chi connectivity index (χ1v) is 8.96. The molecule has 2 fully saturated rings. The van der Waals surface area contributed by atoms with E-state index in [1.165, 1.54) is 25.7 Å². The molecule has 0 aromatic heterocycles. The Hall–Kier alpha value is -0.520. The molecule has 0 nitrogen and oxygen atoms in total. The summed E-state index contributed by atoms with van der Waals surface area (Å²) in [5, 5.41) is 0. The Morgan fingerprint density at radius 1 is 1.05 bits per heavy atom. The molecule has 0 amide bonds. The van der Waals surface area contributed by atoms with Crippen LogP contribution in [0.3, 0.4) is 0 Å². The second kappa shape index (κ2) is 4.49. The fourth-order valence-electron chi connectivity index (χ4n) is 5.68. The number of hydrogen-bond acceptors (Lipinski definition) is 0. The molecule has 5 aliphatic rings. The molecular weight excluding hydrogens is 252 g/mol. The van der Waals surface area contributed by atoms with Gasteiger partial charge in [0, 0.05) is 0 Å². The van der Waals surface area contributed by atoms with E-state index in [0.717, 1.165) is 17.8 Å². The molecule has 0 aliphatic heterocycles. The van der Waals surface area contributed by atoms with Crippen molar-refractivity contribution in [3.05, 3.63) is 23.3 Å². The number of fused-ring (bicyclic) bond motifs is 3. The summed E-state index contributed by atoms with van der Waals surface area (Å²) >= 11 is 0. The van der Waals surface area contributed by atoms with Crippen LogP contribution in [0.4, 0.5) is 0 Å². The fourth-order valence-corrected chi connectivity index (χ4v) is 5.68. The Morgan fingerprint density at radius 3 is 1.95 bits per heavy atom. The Labute approximate surface area is 132 Å². The van der Waals surface area contributed by atoms with Gasteiger partial charge in [-0.05, 0) is 73.5 Å². The van der Waals surface area contributed by atoms with Crippen molar-refractivity contribution >= 4 is 0 Å². The molecule has 4 bridgehead atoms. The first-order chi connectivity index (χ1) is 9.60. The van der Waals surface area contributed by atoms with Crippen LogP contribution >= 0.6 is 0 Å². The topological polar surface area (TPSA) is 0 Å². The molecule has 4 atom stereocenters. The van der Waals surface area contributed by atoms with Crippen LogP contribution in [-0.4, -0.2) is 0 Å². The zero-order valence-corrected chi connectivity index (χ0v) is 15.2. The normalized spacial score (nSPS) is 44.2. The van der Waals surface area contributed by atoms with Crippen molar-refractivity contribution < 1.29 is 0 Å². The van der Waals surface area contributed by atoms with Crippen LogP contribution in [0.5, 0.6) is 0 Å². The summed E-state index contributed by atoms with van der Waals surface area (Å²) < 4.78 is 0. The number of allylic oxidation sites excluding steroid dienone is 4. The van der Waals surface area contributed by atoms with Crippen molar-refractivity contribution in [2.75, 3.05) is 0 Å². The van der Waals surface area contributed by atoms with Gasteiger partial charge in [0.25, 0.3) is 0 Å². The first-order valence-electron chi connectivity index (χ1n) is 8.96. The van der Waals surface area contributed by atoms with E-state index in [4.69, 9.17) is 0 Å². The van der Waals surface area contributed by atoms with Gasteiger partial charge in [-0.1, -0.05) is 57.9 Å². The van der Waals surface area contributed by atoms with E-state index >= 15 is 0 Å². The summed E-state index contributed by atoms with van der Waals surface area (Å²) in [7, 11) is 0. The van der Waals surface area contributed by atoms with E-state index in [1.807, 2.05) is 0 Å². The maximum Gasteiger partial charge on any atom is -0.00621 e. The standard InChI is InChI=1S/C11H18.C10H16/c1-8-7-9-5-6-11(8,4)10(9,2)3;1-7-4-5-8-6-9(7)10(8,2)3/h7,9H,5-6H2,1-4H3;4,8-9H,5-6H2,1-3H3. The summed E-state index contributed by atoms with van der Waals surface area (Å²) in [5.41, 5.74) is 4.99. The molecule has 118 valence electrons. The van der Waals surface area contributed by atoms with Crippen LogP contribution in [0.25, 0.3) is 0 Å². The van der Waals surface area contributed by atoms with Crippen LogP contribution in [0, 0.1) is 34.0 Å². The molecule has 0 saturated heterocycles. The predicted octanol–water partition coefficient (Wildman–Crippen LogP) is 6.39. The minimum Gasteiger partial charge on any atom is -0.0850 e. The van der Waals surface area contributed by atoms with E-state index in [0.29, 0.717) is 16.2 Å². The molecule has 0 heteroatoms. The predicted molar refractivity (Wildman–Crippen MR) is 92.1 cm³/mol. The SMILES string of the molecule is CC1=CC2CCC1(C)C2(C)C.CC1=CCC2CC1C2(C)C. The summed E-state index contributed by atoms with van der Waals surface area (Å²) in [6.07, 6.45) is 10.6. The van der Waals surface area contributed by atoms with Crippen LogP contribution in [-0.2, 0) is 0 Å². The van der Waals surface area contributed by atoms with Crippen molar-refractivity contribution in [2.45, 2.75) is 74.1 Å². The van der Waals surface area contributed by atoms with Crippen molar-refractivity contribution in [3.63, 3.8) is 0 Å². The molecule has 5 rings (SSSR count). The van der Waals surface area contributed by atoms with Gasteiger partial charge in [-0.2, -0.15) is 0 Å². The quantitative estimate of drug-likeness (QED) is 0.453. The lowest BCUT2D eigenvalue weighted by Crippen LogP contribution is -2.47. The summed E-state index contributed by atoms with van der Waals surface area (Å²) in [6.45, 7) is 16.7. The summed E-state index contributed by atoms with van der Waals surface area (Å²) in [5.74, 6) is 2.79. The van der Waals surface area contributed by atoms with Crippen LogP contribution in [0.1, 0.15) is 74.1 Å². The Balaban J connectivity index is 0.000000126. The molecule has 2 saturated carbocycles. The van der Waals surface area contributed by atoms with Crippen molar-refractivity contribution in [3.8, 4) is 0 Å². The van der Waals surface area contributed by atoms with Crippen LogP contribution < -0.4 is 0 Å². The molecule has 4 unspecified atom stereocenters. The van der Waals surface area contributed by atoms with E-state index in [-0.39, 0.29) is 0 Å². The molecule has 0 spiro atoms. The highest BCUT2D eigenvalue weighted by molar-refractivity contribution is 5.29. The lowest BCUT2D eigenvalue weighted by Gasteiger charge is -2.56. The molecular formula is C21H34. The van der Waals surface area contributed by atoms with Gasteiger partial charge >= 0.3 is 0 Å². The maximum atomic E-state index is 2.50. The van der Waals surface area contributed by atoms with Gasteiger partial charge in [0.05, 0.1) is 0 Å². The maximum absolute atomic E-state index is 2.50. The highest BCUT2D eigenvalue weighted by Crippen LogP contribution is 2.64. The first kappa shape index (κ1) is 15.4. The van der Waals surface area contributed by atoms with Gasteiger partial charge in [-0.3, -0.25) is 0 Å². The molecule has 0 heterocycles. The molecule has 0 aromatic carbocycles. The third-order valence-electron chi connectivity index (χ3n) is 8.37. The lowest BCUT2D eigenvalue weighted by atomic mass is 9.49. The highest BCUT2D eigenvalue weighted by atomic mass is 14.6. The average molecular weight is 287 g/mol. The number of rotatable bonds is 0. The smallest absolute Gasteiger partial charge is 0.00621 e. The highest BCUT2D eigenvalue weighted by Gasteiger charge is 2.55. The van der Waals surface area contributed by atoms with E-state index in [1.54, 1.807) is 11.1 Å². The largest absolute Gasteiger partial charge is 0.0850 e. The minimum atomic E-state index is 0.525. The minimum absolute atomic E-state index is 0.525. The molecule has 0 radical (unpaired) electrons. The lowest BCUT2D eigenvalue weighted by molar-refractivity contribution is -0.00579. The van der Waals surface area contributed by atoms with Gasteiger partial charge in [-0.15, -0.1) is 0 Å². The third kappa shape index (κ3) is 1.93. The summed E-state index contributed by atoms with van der Waals surface area (Å²) in [6, 6.07) is 0. The zero-order chi connectivity index (χ0) is 15.6. The van der Waals surface area contributed by atoms with Gasteiger partial charge in [0.15, 0.2) is 0 Å². The Bertz CT molecular complexity index is 502. The molecule has 21 heavy (non-hydrogen) atoms. The van der Waals surface area contributed by atoms with Gasteiger partial charge in [-0.25, -0.2) is 0 Å².